The first-order valence-corrected chi connectivity index (χ1v) is 9.20. The maximum Gasteiger partial charge on any atom is 0.341 e. The van der Waals surface area contributed by atoms with E-state index in [2.05, 4.69) is 9.98 Å². The van der Waals surface area contributed by atoms with E-state index >= 15 is 0 Å². The van der Waals surface area contributed by atoms with Crippen LogP contribution >= 0.6 is 23.1 Å². The van der Waals surface area contributed by atoms with Gasteiger partial charge in [0.2, 0.25) is 5.78 Å². The smallest absolute Gasteiger partial charge is 0.341 e. The van der Waals surface area contributed by atoms with Crippen LogP contribution in [0.2, 0.25) is 0 Å². The summed E-state index contributed by atoms with van der Waals surface area (Å²) in [6.45, 7) is 1.82. The number of thiazole rings is 1. The van der Waals surface area contributed by atoms with Crippen LogP contribution in [0.15, 0.2) is 20.6 Å². The van der Waals surface area contributed by atoms with Gasteiger partial charge in [-0.25, -0.2) is 14.8 Å². The molecule has 0 aromatic carbocycles. The summed E-state index contributed by atoms with van der Waals surface area (Å²) in [6.07, 6.45) is 3.81. The Balaban J connectivity index is 3.49. The van der Waals surface area contributed by atoms with Gasteiger partial charge in [-0.2, -0.15) is 0 Å². The Kier molecular flexibility index (Phi) is 7.43. The van der Waals surface area contributed by atoms with E-state index in [1.54, 1.807) is 38.0 Å². The molecule has 0 aliphatic rings. The number of nitrogens with zero attached hydrogens (tertiary/aromatic N) is 4. The fraction of sp³-hybridized carbons (Fsp3) is 0.467. The van der Waals surface area contributed by atoms with Crippen molar-refractivity contribution in [3.8, 4) is 0 Å². The number of carboxylic acids is 1. The largest absolute Gasteiger partial charge is 0.477 e. The molecule has 0 unspecified atom stereocenters. The highest BCUT2D eigenvalue weighted by Crippen LogP contribution is 2.33. The summed E-state index contributed by atoms with van der Waals surface area (Å²) in [5, 5.41) is 9.56. The van der Waals surface area contributed by atoms with Crippen molar-refractivity contribution in [3.63, 3.8) is 0 Å². The van der Waals surface area contributed by atoms with Gasteiger partial charge in [-0.15, -0.1) is 11.3 Å². The molecule has 0 aliphatic heterocycles. The first-order chi connectivity index (χ1) is 11.2. The molecule has 1 heterocycles. The average molecular weight is 371 g/mol. The van der Waals surface area contributed by atoms with Crippen molar-refractivity contribution < 1.29 is 14.7 Å². The van der Waals surface area contributed by atoms with Crippen LogP contribution < -0.4 is 0 Å². The van der Waals surface area contributed by atoms with Crippen molar-refractivity contribution in [1.29, 1.82) is 0 Å². The number of aliphatic carboxylic acids is 1. The lowest BCUT2D eigenvalue weighted by molar-refractivity contribution is -0.132. The topological polar surface area (TPSA) is 86.1 Å². The van der Waals surface area contributed by atoms with Gasteiger partial charge in [0.1, 0.15) is 10.5 Å². The number of carbonyl (C=O) groups excluding carboxylic acids is 1. The lowest BCUT2D eigenvalue weighted by Crippen LogP contribution is -2.22. The van der Waals surface area contributed by atoms with E-state index in [9.17, 15) is 14.7 Å². The Morgan fingerprint density at radius 1 is 1.33 bits per heavy atom. The number of hydrogen-bond donors (Lipinski definition) is 1. The molecule has 9 heteroatoms. The van der Waals surface area contributed by atoms with Gasteiger partial charge < -0.3 is 14.9 Å². The molecular weight excluding hydrogens is 348 g/mol. The lowest BCUT2D eigenvalue weighted by atomic mass is 10.1. The van der Waals surface area contributed by atoms with Crippen LogP contribution in [0, 0.1) is 0 Å². The third kappa shape index (κ3) is 4.81. The zero-order valence-corrected chi connectivity index (χ0v) is 16.3. The van der Waals surface area contributed by atoms with Crippen LogP contribution in [0.5, 0.6) is 0 Å². The number of aliphatic imine (C=N–C) groups is 1. The van der Waals surface area contributed by atoms with Crippen molar-refractivity contribution in [2.45, 2.75) is 17.7 Å². The first-order valence-electron chi connectivity index (χ1n) is 7.16. The fourth-order valence-corrected chi connectivity index (χ4v) is 3.42. The number of carboxylic acid groups (broad SMARTS) is 1. The number of Topliss-reactive ketones (excluding diaryl/α,β-unsaturated/α-hetero) is 1. The van der Waals surface area contributed by atoms with Crippen molar-refractivity contribution >= 4 is 47.0 Å². The van der Waals surface area contributed by atoms with E-state index in [1.165, 1.54) is 18.1 Å². The summed E-state index contributed by atoms with van der Waals surface area (Å²) in [5.74, 6) is -1.56. The molecule has 0 bridgehead atoms. The van der Waals surface area contributed by atoms with Gasteiger partial charge in [0.05, 0.1) is 6.34 Å². The molecule has 0 saturated heterocycles. The second-order valence-corrected chi connectivity index (χ2v) is 7.30. The van der Waals surface area contributed by atoms with E-state index in [1.807, 2.05) is 13.2 Å². The SMILES string of the molecule is CCC(=C(C(=O)O)C(=O)c1sc(SC)nc1N=CN(C)C)N(C)C. The van der Waals surface area contributed by atoms with Gasteiger partial charge in [0.25, 0.3) is 0 Å². The maximum absolute atomic E-state index is 12.9. The monoisotopic (exact) mass is 370 g/mol. The molecule has 0 aliphatic carbocycles. The van der Waals surface area contributed by atoms with Gasteiger partial charge in [-0.05, 0) is 12.7 Å². The normalized spacial score (nSPS) is 12.2. The van der Waals surface area contributed by atoms with E-state index in [0.29, 0.717) is 16.5 Å². The quantitative estimate of drug-likeness (QED) is 0.143. The Labute approximate surface area is 150 Å². The van der Waals surface area contributed by atoms with E-state index in [0.717, 1.165) is 11.3 Å². The van der Waals surface area contributed by atoms with Crippen LogP contribution in [-0.4, -0.2) is 72.4 Å². The first kappa shape index (κ1) is 20.2. The van der Waals surface area contributed by atoms with E-state index in [4.69, 9.17) is 0 Å². The zero-order chi connectivity index (χ0) is 18.4. The predicted molar refractivity (Wildman–Crippen MR) is 98.7 cm³/mol. The second-order valence-electron chi connectivity index (χ2n) is 5.25. The Hall–Kier alpha value is -1.87. The molecule has 0 spiro atoms. The van der Waals surface area contributed by atoms with Crippen LogP contribution in [0.4, 0.5) is 5.82 Å². The number of aromatic nitrogens is 1. The number of carbonyl (C=O) groups is 2. The Bertz CT molecular complexity index is 678. The fourth-order valence-electron chi connectivity index (χ4n) is 1.97. The minimum Gasteiger partial charge on any atom is -0.477 e. The van der Waals surface area contributed by atoms with Crippen LogP contribution in [-0.2, 0) is 4.79 Å². The number of ketones is 1. The molecular formula is C15H22N4O3S2. The van der Waals surface area contributed by atoms with Crippen molar-refractivity contribution in [2.75, 3.05) is 34.4 Å². The van der Waals surface area contributed by atoms with Gasteiger partial charge >= 0.3 is 5.97 Å². The number of rotatable bonds is 8. The molecule has 132 valence electrons. The summed E-state index contributed by atoms with van der Waals surface area (Å²) in [6, 6.07) is 0. The second kappa shape index (κ2) is 8.84. The number of hydrogen-bond acceptors (Lipinski definition) is 7. The number of allylic oxidation sites excluding steroid dienone is 1. The minimum atomic E-state index is -1.24. The molecule has 0 amide bonds. The highest BCUT2D eigenvalue weighted by atomic mass is 32.2. The molecule has 0 atom stereocenters. The van der Waals surface area contributed by atoms with Crippen molar-refractivity contribution in [3.05, 3.63) is 16.1 Å². The third-order valence-corrected chi connectivity index (χ3v) is 5.01. The van der Waals surface area contributed by atoms with Crippen LogP contribution in [0.3, 0.4) is 0 Å². The highest BCUT2D eigenvalue weighted by molar-refractivity contribution is 8.00. The number of thioether (sulfide) groups is 1. The molecule has 1 N–H and O–H groups in total. The van der Waals surface area contributed by atoms with E-state index in [-0.39, 0.29) is 16.3 Å². The minimum absolute atomic E-state index is 0.236. The molecule has 0 fully saturated rings. The van der Waals surface area contributed by atoms with Gasteiger partial charge in [0, 0.05) is 33.9 Å². The molecule has 1 aromatic rings. The average Bonchev–Trinajstić information content (AvgIpc) is 2.92. The molecule has 1 aromatic heterocycles. The lowest BCUT2D eigenvalue weighted by Gasteiger charge is -2.18. The van der Waals surface area contributed by atoms with E-state index < -0.39 is 11.8 Å². The molecule has 1 rings (SSSR count). The Morgan fingerprint density at radius 3 is 2.38 bits per heavy atom. The molecule has 0 saturated carbocycles. The standard InChI is InChI=1S/C15H22N4O3S2/c1-7-9(19(4)5)10(14(21)22)11(20)12-13(16-8-18(2)3)17-15(23-6)24-12/h8H,7H2,1-6H3,(H,21,22). The molecule has 24 heavy (non-hydrogen) atoms. The van der Waals surface area contributed by atoms with Crippen molar-refractivity contribution in [2.24, 2.45) is 4.99 Å². The highest BCUT2D eigenvalue weighted by Gasteiger charge is 2.28. The predicted octanol–water partition coefficient (Wildman–Crippen LogP) is 2.58. The summed E-state index contributed by atoms with van der Waals surface area (Å²) in [5.41, 5.74) is 0.231. The molecule has 7 nitrogen and oxygen atoms in total. The summed E-state index contributed by atoms with van der Waals surface area (Å²) < 4.78 is 0.664. The maximum atomic E-state index is 12.9. The van der Waals surface area contributed by atoms with Crippen LogP contribution in [0.1, 0.15) is 23.0 Å². The van der Waals surface area contributed by atoms with Gasteiger partial charge in [0.15, 0.2) is 10.2 Å². The van der Waals surface area contributed by atoms with Crippen LogP contribution in [0.25, 0.3) is 0 Å². The summed E-state index contributed by atoms with van der Waals surface area (Å²) in [7, 11) is 7.05. The summed E-state index contributed by atoms with van der Waals surface area (Å²) >= 11 is 2.55. The Morgan fingerprint density at radius 2 is 1.96 bits per heavy atom. The third-order valence-electron chi connectivity index (χ3n) is 2.99. The molecule has 0 radical (unpaired) electrons. The summed E-state index contributed by atoms with van der Waals surface area (Å²) in [4.78, 5) is 36.7. The van der Waals surface area contributed by atoms with Crippen molar-refractivity contribution in [1.82, 2.24) is 14.8 Å². The van der Waals surface area contributed by atoms with Gasteiger partial charge in [-0.1, -0.05) is 18.7 Å². The zero-order valence-electron chi connectivity index (χ0n) is 14.7. The van der Waals surface area contributed by atoms with Gasteiger partial charge in [-0.3, -0.25) is 4.79 Å².